The second-order valence-corrected chi connectivity index (χ2v) is 15.0. The minimum Gasteiger partial charge on any atom is -0.366 e. The SMILES string of the molecule is CCn1nc(C)c2c1C(=O)Nc1nc3cc(C(N)=O)cc(Br)c3n1C/C=C/Cn1c(nc3cc(C(N)=O)cc(Br)c31)NC(=O)c1cc(C)nn1CCCCC2. The molecule has 0 radical (unpaired) electrons. The molecule has 4 aromatic heterocycles. The molecule has 55 heavy (non-hydrogen) atoms. The van der Waals surface area contributed by atoms with Gasteiger partial charge in [0.2, 0.25) is 23.7 Å². The number of hydrogen-bond donors (Lipinski definition) is 4. The summed E-state index contributed by atoms with van der Waals surface area (Å²) in [5.41, 5.74) is 17.1. The number of amides is 4. The molecule has 6 N–H and O–H groups in total. The van der Waals surface area contributed by atoms with E-state index in [1.807, 2.05) is 42.1 Å². The maximum absolute atomic E-state index is 14.2. The summed E-state index contributed by atoms with van der Waals surface area (Å²) in [6.07, 6.45) is 6.72. The van der Waals surface area contributed by atoms with E-state index in [9.17, 15) is 19.2 Å². The minimum absolute atomic E-state index is 0.249. The van der Waals surface area contributed by atoms with E-state index >= 15 is 0 Å². The van der Waals surface area contributed by atoms with Crippen LogP contribution in [0.5, 0.6) is 0 Å². The highest BCUT2D eigenvalue weighted by atomic mass is 79.9. The van der Waals surface area contributed by atoms with Gasteiger partial charge in [-0.1, -0.05) is 18.6 Å². The third kappa shape index (κ3) is 7.30. The fourth-order valence-corrected chi connectivity index (χ4v) is 8.32. The predicted molar refractivity (Wildman–Crippen MR) is 214 cm³/mol. The van der Waals surface area contributed by atoms with Gasteiger partial charge >= 0.3 is 0 Å². The number of benzene rings is 2. The Kier molecular flexibility index (Phi) is 10.5. The van der Waals surface area contributed by atoms with Gasteiger partial charge in [-0.2, -0.15) is 10.2 Å². The number of rotatable bonds is 3. The Morgan fingerprint density at radius 1 is 0.782 bits per heavy atom. The number of nitrogens with one attached hydrogen (secondary N) is 2. The summed E-state index contributed by atoms with van der Waals surface area (Å²) in [5, 5.41) is 15.3. The first-order valence-electron chi connectivity index (χ1n) is 17.7. The molecule has 7 rings (SSSR count). The van der Waals surface area contributed by atoms with E-state index in [1.54, 1.807) is 39.7 Å². The minimum atomic E-state index is -0.614. The third-order valence-electron chi connectivity index (χ3n) is 9.55. The summed E-state index contributed by atoms with van der Waals surface area (Å²) in [6, 6.07) is 8.15. The molecule has 0 aliphatic carbocycles. The van der Waals surface area contributed by atoms with Crippen molar-refractivity contribution in [3.8, 4) is 0 Å². The molecule has 4 amide bonds. The number of allylic oxidation sites excluding steroid dienone is 2. The van der Waals surface area contributed by atoms with Crippen molar-refractivity contribution in [2.45, 2.75) is 72.6 Å². The van der Waals surface area contributed by atoms with Gasteiger partial charge in [-0.05, 0) is 102 Å². The molecular formula is C37H38Br2N12O4. The number of fused-ring (bicyclic) bond motifs is 8. The first kappa shape index (κ1) is 37.7. The van der Waals surface area contributed by atoms with Gasteiger partial charge in [-0.15, -0.1) is 0 Å². The van der Waals surface area contributed by atoms with Crippen molar-refractivity contribution in [3.05, 3.63) is 90.9 Å². The van der Waals surface area contributed by atoms with Crippen LogP contribution in [0.15, 0.2) is 51.4 Å². The second-order valence-electron chi connectivity index (χ2n) is 13.3. The number of primary amides is 2. The van der Waals surface area contributed by atoms with E-state index < -0.39 is 11.8 Å². The van der Waals surface area contributed by atoms with E-state index in [4.69, 9.17) is 21.4 Å². The van der Waals surface area contributed by atoms with E-state index in [1.165, 1.54) is 0 Å². The number of aromatic nitrogens is 8. The van der Waals surface area contributed by atoms with Crippen molar-refractivity contribution in [3.63, 3.8) is 0 Å². The van der Waals surface area contributed by atoms with E-state index in [0.29, 0.717) is 67.6 Å². The Hall–Kier alpha value is -5.62. The first-order valence-corrected chi connectivity index (χ1v) is 19.3. The number of carbonyl (C=O) groups is 4. The lowest BCUT2D eigenvalue weighted by Gasteiger charge is -2.12. The normalized spacial score (nSPS) is 15.0. The van der Waals surface area contributed by atoms with Crippen LogP contribution in [0, 0.1) is 13.8 Å². The summed E-state index contributed by atoms with van der Waals surface area (Å²) in [5.74, 6) is -1.45. The highest BCUT2D eigenvalue weighted by Gasteiger charge is 2.25. The first-order chi connectivity index (χ1) is 26.3. The fraction of sp³-hybridized carbons (Fsp3) is 0.297. The van der Waals surface area contributed by atoms with Gasteiger partial charge in [0.15, 0.2) is 0 Å². The molecule has 18 heteroatoms. The van der Waals surface area contributed by atoms with Crippen molar-refractivity contribution >= 4 is 89.5 Å². The van der Waals surface area contributed by atoms with Crippen molar-refractivity contribution in [1.29, 1.82) is 0 Å². The zero-order valence-electron chi connectivity index (χ0n) is 30.3. The molecule has 1 aliphatic heterocycles. The molecule has 0 fully saturated rings. The van der Waals surface area contributed by atoms with Gasteiger partial charge in [0.05, 0.1) is 33.5 Å². The maximum atomic E-state index is 14.2. The van der Waals surface area contributed by atoms with E-state index in [2.05, 4.69) is 52.7 Å². The van der Waals surface area contributed by atoms with Crippen molar-refractivity contribution in [2.24, 2.45) is 11.5 Å². The molecule has 0 saturated heterocycles. The Morgan fingerprint density at radius 3 is 1.89 bits per heavy atom. The lowest BCUT2D eigenvalue weighted by Crippen LogP contribution is -2.21. The Labute approximate surface area is 331 Å². The molecule has 0 spiro atoms. The Bertz CT molecular complexity index is 2580. The number of carbonyl (C=O) groups excluding carboxylic acids is 4. The molecule has 0 unspecified atom stereocenters. The number of imidazole rings is 2. The lowest BCUT2D eigenvalue weighted by atomic mass is 10.0. The van der Waals surface area contributed by atoms with Gasteiger partial charge in [-0.25, -0.2) is 9.97 Å². The van der Waals surface area contributed by atoms with Crippen LogP contribution in [-0.4, -0.2) is 62.3 Å². The van der Waals surface area contributed by atoms with Gasteiger partial charge in [0.1, 0.15) is 11.4 Å². The number of halogens is 2. The molecule has 16 nitrogen and oxygen atoms in total. The number of nitrogens with zero attached hydrogens (tertiary/aromatic N) is 8. The van der Waals surface area contributed by atoms with Gasteiger partial charge in [0, 0.05) is 51.8 Å². The van der Waals surface area contributed by atoms with Gasteiger partial charge in [0.25, 0.3) is 11.8 Å². The molecule has 5 heterocycles. The van der Waals surface area contributed by atoms with Crippen molar-refractivity contribution in [2.75, 3.05) is 10.6 Å². The smallest absolute Gasteiger partial charge is 0.276 e. The summed E-state index contributed by atoms with van der Waals surface area (Å²) in [4.78, 5) is 61.8. The number of anilines is 2. The Balaban J connectivity index is 1.35. The topological polar surface area (TPSA) is 216 Å². The van der Waals surface area contributed by atoms with Gasteiger partial charge < -0.3 is 20.6 Å². The predicted octanol–water partition coefficient (Wildman–Crippen LogP) is 5.63. The fourth-order valence-electron chi connectivity index (χ4n) is 6.99. The molecule has 6 aromatic rings. The highest BCUT2D eigenvalue weighted by Crippen LogP contribution is 2.32. The molecule has 0 bridgehead atoms. The van der Waals surface area contributed by atoms with Crippen LogP contribution in [0.1, 0.15) is 84.8 Å². The monoisotopic (exact) mass is 872 g/mol. The zero-order chi connectivity index (χ0) is 39.1. The molecule has 0 atom stereocenters. The quantitative estimate of drug-likeness (QED) is 0.163. The zero-order valence-corrected chi connectivity index (χ0v) is 33.5. The van der Waals surface area contributed by atoms with Crippen molar-refractivity contribution in [1.82, 2.24) is 38.7 Å². The highest BCUT2D eigenvalue weighted by molar-refractivity contribution is 9.11. The number of hydrogen-bond acceptors (Lipinski definition) is 8. The van der Waals surface area contributed by atoms with Crippen LogP contribution in [-0.2, 0) is 32.6 Å². The van der Waals surface area contributed by atoms with Gasteiger partial charge in [-0.3, -0.25) is 39.2 Å². The largest absolute Gasteiger partial charge is 0.366 e. The molecule has 1 aliphatic rings. The van der Waals surface area contributed by atoms with Crippen LogP contribution in [0.3, 0.4) is 0 Å². The number of nitrogens with two attached hydrogens (primary N) is 2. The summed E-state index contributed by atoms with van der Waals surface area (Å²) < 4.78 is 8.18. The summed E-state index contributed by atoms with van der Waals surface area (Å²) in [7, 11) is 0. The van der Waals surface area contributed by atoms with Crippen LogP contribution in [0.2, 0.25) is 0 Å². The second kappa shape index (κ2) is 15.3. The van der Waals surface area contributed by atoms with Crippen LogP contribution >= 0.6 is 31.9 Å². The van der Waals surface area contributed by atoms with E-state index in [-0.39, 0.29) is 47.9 Å². The maximum Gasteiger partial charge on any atom is 0.276 e. The van der Waals surface area contributed by atoms with Crippen LogP contribution in [0.25, 0.3) is 22.1 Å². The summed E-state index contributed by atoms with van der Waals surface area (Å²) in [6.45, 7) is 7.18. The standard InChI is InChI=1S/C37H38Br2N12O4/c1-4-50-29-23(20(3)47-50)10-6-5-7-13-51-28(14-19(2)46-51)34(54)44-36-42-26-17-21(32(40)52)15-24(38)30(26)48(36)11-8-9-12-49-31-25(39)16-22(33(41)53)18-27(31)43-37(49)45-35(29)55/h8-9,14-18H,4-7,10-13H2,1-3H3,(H2,40,52)(H2,41,53)(H,42,44,54)(H,43,45,55)/b9-8+. The molecule has 284 valence electrons. The average molecular weight is 875 g/mol. The molecular weight excluding hydrogens is 836 g/mol. The summed E-state index contributed by atoms with van der Waals surface area (Å²) >= 11 is 7.18. The third-order valence-corrected chi connectivity index (χ3v) is 10.8. The average Bonchev–Trinajstić information content (AvgIpc) is 3.87. The molecule has 2 aromatic carbocycles. The lowest BCUT2D eigenvalue weighted by molar-refractivity contribution is 0.0992. The van der Waals surface area contributed by atoms with Crippen LogP contribution in [0.4, 0.5) is 11.9 Å². The molecule has 0 saturated carbocycles. The van der Waals surface area contributed by atoms with Crippen LogP contribution < -0.4 is 22.1 Å². The Morgan fingerprint density at radius 2 is 1.35 bits per heavy atom. The van der Waals surface area contributed by atoms with E-state index in [0.717, 1.165) is 30.5 Å². The van der Waals surface area contributed by atoms with Crippen molar-refractivity contribution < 1.29 is 19.2 Å². The number of aryl methyl sites for hydroxylation is 4.